The van der Waals surface area contributed by atoms with E-state index < -0.39 is 21.2 Å². The van der Waals surface area contributed by atoms with Gasteiger partial charge in [-0.1, -0.05) is 0 Å². The number of aliphatic imine (C=N–C) groups is 1. The van der Waals surface area contributed by atoms with E-state index in [1.54, 1.807) is 13.1 Å². The van der Waals surface area contributed by atoms with Crippen molar-refractivity contribution in [2.45, 2.75) is 24.6 Å². The molecule has 0 radical (unpaired) electrons. The molecule has 0 aliphatic carbocycles. The summed E-state index contributed by atoms with van der Waals surface area (Å²) in [5, 5.41) is 2.08. The third-order valence-electron chi connectivity index (χ3n) is 4.68. The quantitative estimate of drug-likeness (QED) is 0.661. The van der Waals surface area contributed by atoms with E-state index >= 15 is 0 Å². The molecule has 27 heavy (non-hydrogen) atoms. The second-order valence-corrected chi connectivity index (χ2v) is 9.34. The Morgan fingerprint density at radius 3 is 2.93 bits per heavy atom. The summed E-state index contributed by atoms with van der Waals surface area (Å²) in [5.41, 5.74) is 1.23. The fraction of sp³-hybridized carbons (Fsp3) is 0.562. The van der Waals surface area contributed by atoms with Crippen LogP contribution in [0.3, 0.4) is 0 Å². The predicted molar refractivity (Wildman–Crippen MR) is 99.0 cm³/mol. The molecule has 1 aromatic heterocycles. The molecular formula is C16H20N4O5S2. The van der Waals surface area contributed by atoms with Crippen LogP contribution >= 0.6 is 11.3 Å². The Balaban J connectivity index is 1.61. The van der Waals surface area contributed by atoms with Gasteiger partial charge in [0, 0.05) is 36.3 Å². The molecule has 0 saturated carbocycles. The Bertz CT molecular complexity index is 890. The zero-order valence-electron chi connectivity index (χ0n) is 14.8. The van der Waals surface area contributed by atoms with Crippen LogP contribution in [0.15, 0.2) is 27.8 Å². The third kappa shape index (κ3) is 3.51. The molecule has 3 aliphatic heterocycles. The number of rotatable bonds is 6. The van der Waals surface area contributed by atoms with Crippen LogP contribution in [-0.2, 0) is 24.3 Å². The number of ether oxygens (including phenoxy) is 2. The highest BCUT2D eigenvalue weighted by Gasteiger charge is 2.41. The maximum absolute atomic E-state index is 12.4. The minimum absolute atomic E-state index is 0.204. The lowest BCUT2D eigenvalue weighted by atomic mass is 10.1. The summed E-state index contributed by atoms with van der Waals surface area (Å²) in [7, 11) is -3.46. The van der Waals surface area contributed by atoms with Crippen molar-refractivity contribution in [3.8, 4) is 0 Å². The lowest BCUT2D eigenvalue weighted by Crippen LogP contribution is -2.50. The van der Waals surface area contributed by atoms with E-state index in [4.69, 9.17) is 9.47 Å². The van der Waals surface area contributed by atoms with Gasteiger partial charge in [0.15, 0.2) is 10.8 Å². The van der Waals surface area contributed by atoms with Crippen molar-refractivity contribution in [1.29, 1.82) is 0 Å². The van der Waals surface area contributed by atoms with Crippen LogP contribution < -0.4 is 4.72 Å². The number of hydrogen-bond donors (Lipinski definition) is 1. The number of aromatic nitrogens is 1. The number of sulfonamides is 1. The number of thiazole rings is 1. The zero-order valence-corrected chi connectivity index (χ0v) is 16.4. The van der Waals surface area contributed by atoms with Crippen molar-refractivity contribution in [2.75, 3.05) is 32.9 Å². The smallest absolute Gasteiger partial charge is 0.337 e. The summed E-state index contributed by atoms with van der Waals surface area (Å²) in [6, 6.07) is -0.349. The van der Waals surface area contributed by atoms with Crippen LogP contribution in [0.25, 0.3) is 0 Å². The molecule has 11 heteroatoms. The molecule has 0 bridgehead atoms. The number of nitrogens with one attached hydrogen (secondary N) is 1. The third-order valence-corrected chi connectivity index (χ3v) is 7.26. The molecule has 2 saturated heterocycles. The number of esters is 1. The van der Waals surface area contributed by atoms with E-state index in [-0.39, 0.29) is 32.4 Å². The van der Waals surface area contributed by atoms with Crippen LogP contribution in [0.5, 0.6) is 0 Å². The Morgan fingerprint density at radius 1 is 1.48 bits per heavy atom. The van der Waals surface area contributed by atoms with Gasteiger partial charge in [-0.3, -0.25) is 4.99 Å². The molecule has 0 spiro atoms. The van der Waals surface area contributed by atoms with Crippen molar-refractivity contribution in [1.82, 2.24) is 14.6 Å². The SMILES string of the molecule is CCOC(=O)C1=C2C[C@H](NS(=O)(=O)C3COC3)CN2C(c2nccs2)=NC1. The Labute approximate surface area is 161 Å². The number of fused-ring (bicyclic) bond motifs is 1. The number of carbonyl (C=O) groups is 1. The molecule has 4 rings (SSSR count). The molecule has 9 nitrogen and oxygen atoms in total. The van der Waals surface area contributed by atoms with Crippen molar-refractivity contribution < 1.29 is 22.7 Å². The van der Waals surface area contributed by atoms with E-state index in [9.17, 15) is 13.2 Å². The first-order chi connectivity index (χ1) is 13.0. The fourth-order valence-corrected chi connectivity index (χ4v) is 5.31. The summed E-state index contributed by atoms with van der Waals surface area (Å²) in [6.45, 7) is 3.05. The normalized spacial score (nSPS) is 23.1. The van der Waals surface area contributed by atoms with Gasteiger partial charge in [0.25, 0.3) is 0 Å². The second-order valence-electron chi connectivity index (χ2n) is 6.46. The lowest BCUT2D eigenvalue weighted by molar-refractivity contribution is -0.138. The van der Waals surface area contributed by atoms with Gasteiger partial charge in [-0.15, -0.1) is 11.3 Å². The van der Waals surface area contributed by atoms with E-state index in [0.717, 1.165) is 10.7 Å². The van der Waals surface area contributed by atoms with Gasteiger partial charge < -0.3 is 14.4 Å². The fourth-order valence-electron chi connectivity index (χ4n) is 3.29. The Hall–Kier alpha value is -1.82. The largest absolute Gasteiger partial charge is 0.463 e. The monoisotopic (exact) mass is 412 g/mol. The van der Waals surface area contributed by atoms with E-state index in [0.29, 0.717) is 24.4 Å². The molecule has 0 aromatic carbocycles. The van der Waals surface area contributed by atoms with Gasteiger partial charge in [0.05, 0.1) is 31.9 Å². The first kappa shape index (κ1) is 18.5. The summed E-state index contributed by atoms with van der Waals surface area (Å²) >= 11 is 1.45. The van der Waals surface area contributed by atoms with Crippen molar-refractivity contribution in [3.05, 3.63) is 27.9 Å². The minimum atomic E-state index is -3.46. The molecule has 0 amide bonds. The number of nitrogens with zero attached hydrogens (tertiary/aromatic N) is 3. The maximum Gasteiger partial charge on any atom is 0.337 e. The summed E-state index contributed by atoms with van der Waals surface area (Å²) in [5.74, 6) is 0.261. The standard InChI is InChI=1S/C16H20N4O5S2/c1-2-25-16(21)12-6-18-14(15-17-3-4-26-15)20-7-10(5-13(12)20)19-27(22,23)11-8-24-9-11/h3-4,10-11,19H,2,5-9H2,1H3/t10-/m0/s1. The second kappa shape index (κ2) is 7.30. The average molecular weight is 412 g/mol. The summed E-state index contributed by atoms with van der Waals surface area (Å²) < 4.78 is 37.8. The Morgan fingerprint density at radius 2 is 2.30 bits per heavy atom. The summed E-state index contributed by atoms with van der Waals surface area (Å²) in [6.07, 6.45) is 2.10. The Kier molecular flexibility index (Phi) is 5.01. The predicted octanol–water partition coefficient (Wildman–Crippen LogP) is 0.113. The topological polar surface area (TPSA) is 110 Å². The molecular weight excluding hydrogens is 392 g/mol. The van der Waals surface area contributed by atoms with Crippen LogP contribution in [0.2, 0.25) is 0 Å². The number of amidine groups is 1. The summed E-state index contributed by atoms with van der Waals surface area (Å²) in [4.78, 5) is 23.1. The highest BCUT2D eigenvalue weighted by Crippen LogP contribution is 2.32. The molecule has 146 valence electrons. The van der Waals surface area contributed by atoms with Gasteiger partial charge in [-0.2, -0.15) is 0 Å². The maximum atomic E-state index is 12.4. The van der Waals surface area contributed by atoms with Crippen LogP contribution in [-0.4, -0.2) is 74.3 Å². The molecule has 1 aromatic rings. The van der Waals surface area contributed by atoms with E-state index in [1.807, 2.05) is 10.3 Å². The first-order valence-corrected chi connectivity index (χ1v) is 11.1. The molecule has 3 aliphatic rings. The van der Waals surface area contributed by atoms with Crippen molar-refractivity contribution in [2.24, 2.45) is 4.99 Å². The van der Waals surface area contributed by atoms with Gasteiger partial charge in [-0.25, -0.2) is 22.9 Å². The van der Waals surface area contributed by atoms with E-state index in [2.05, 4.69) is 14.7 Å². The highest BCUT2D eigenvalue weighted by molar-refractivity contribution is 7.90. The van der Waals surface area contributed by atoms with Crippen LogP contribution in [0, 0.1) is 0 Å². The average Bonchev–Trinajstić information content (AvgIpc) is 3.20. The van der Waals surface area contributed by atoms with E-state index in [1.165, 1.54) is 11.3 Å². The number of hydrogen-bond acceptors (Lipinski definition) is 9. The lowest BCUT2D eigenvalue weighted by Gasteiger charge is -2.28. The number of carbonyl (C=O) groups excluding carboxylic acids is 1. The minimum Gasteiger partial charge on any atom is -0.463 e. The van der Waals surface area contributed by atoms with Gasteiger partial charge in [-0.05, 0) is 6.92 Å². The van der Waals surface area contributed by atoms with Crippen LogP contribution in [0.4, 0.5) is 0 Å². The molecule has 4 heterocycles. The zero-order chi connectivity index (χ0) is 19.0. The van der Waals surface area contributed by atoms with Crippen LogP contribution in [0.1, 0.15) is 18.4 Å². The van der Waals surface area contributed by atoms with Gasteiger partial charge >= 0.3 is 5.97 Å². The van der Waals surface area contributed by atoms with Crippen molar-refractivity contribution >= 4 is 33.2 Å². The highest BCUT2D eigenvalue weighted by atomic mass is 32.2. The van der Waals surface area contributed by atoms with Gasteiger partial charge in [0.1, 0.15) is 5.25 Å². The molecule has 1 N–H and O–H groups in total. The molecule has 1 atom stereocenters. The molecule has 2 fully saturated rings. The first-order valence-electron chi connectivity index (χ1n) is 8.69. The van der Waals surface area contributed by atoms with Gasteiger partial charge in [0.2, 0.25) is 10.0 Å². The van der Waals surface area contributed by atoms with Crippen molar-refractivity contribution in [3.63, 3.8) is 0 Å². The molecule has 0 unspecified atom stereocenters.